The van der Waals surface area contributed by atoms with Crippen LogP contribution in [0.2, 0.25) is 0 Å². The van der Waals surface area contributed by atoms with E-state index in [0.717, 1.165) is 17.5 Å². The van der Waals surface area contributed by atoms with E-state index in [1.54, 1.807) is 16.6 Å². The van der Waals surface area contributed by atoms with Crippen LogP contribution in [0.25, 0.3) is 16.6 Å². The number of nitrogens with one attached hydrogen (secondary N) is 1. The van der Waals surface area contributed by atoms with Gasteiger partial charge in [0.25, 0.3) is 5.91 Å². The van der Waals surface area contributed by atoms with Gasteiger partial charge in [0, 0.05) is 11.8 Å². The molecule has 1 aromatic carbocycles. The largest absolute Gasteiger partial charge is 0.377 e. The Morgan fingerprint density at radius 2 is 2.03 bits per heavy atom. The lowest BCUT2D eigenvalue weighted by molar-refractivity contribution is 0.100. The van der Waals surface area contributed by atoms with Crippen molar-refractivity contribution in [2.45, 2.75) is 45.3 Å². The second-order valence-electron chi connectivity index (χ2n) is 6.75. The Hall–Kier alpha value is -3.84. The van der Waals surface area contributed by atoms with Gasteiger partial charge in [-0.05, 0) is 43.0 Å². The van der Waals surface area contributed by atoms with Gasteiger partial charge >= 0.3 is 0 Å². The van der Waals surface area contributed by atoms with Gasteiger partial charge in [0.15, 0.2) is 0 Å². The highest BCUT2D eigenvalue weighted by Crippen LogP contribution is 2.32. The number of halogens is 1. The number of alkyl halides is 1. The number of anilines is 1. The first-order chi connectivity index (χ1) is 15.1. The molecular weight excluding hydrogens is 393 g/mol. The second kappa shape index (κ2) is 10.8. The number of terminal acetylenes is 1. The van der Waals surface area contributed by atoms with Crippen molar-refractivity contribution in [3.05, 3.63) is 53.9 Å². The average molecular weight is 420 g/mol. The fraction of sp³-hybridized carbons (Fsp3) is 0.292. The van der Waals surface area contributed by atoms with Crippen LogP contribution in [-0.4, -0.2) is 27.7 Å². The van der Waals surface area contributed by atoms with E-state index in [4.69, 9.17) is 11.0 Å². The number of hydrogen-bond donors (Lipinski definition) is 2. The SMILES string of the molecule is C#C.CC.N#Cc1cccc(-c2cc3c(N[C@@H]4CCC[C@@H]4F)c(C(N)=O)cnn3c2)c1. The van der Waals surface area contributed by atoms with Crippen molar-refractivity contribution < 1.29 is 9.18 Å². The molecule has 4 rings (SSSR count). The number of hydrogen-bond acceptors (Lipinski definition) is 4. The first kappa shape index (κ1) is 23.4. The van der Waals surface area contributed by atoms with Gasteiger partial charge in [-0.15, -0.1) is 12.8 Å². The number of nitrogens with two attached hydrogens (primary N) is 1. The highest BCUT2D eigenvalue weighted by Gasteiger charge is 2.28. The zero-order valence-corrected chi connectivity index (χ0v) is 17.7. The third-order valence-electron chi connectivity index (χ3n) is 4.99. The van der Waals surface area contributed by atoms with Crippen LogP contribution >= 0.6 is 0 Å². The summed E-state index contributed by atoms with van der Waals surface area (Å²) in [6.45, 7) is 4.00. The van der Waals surface area contributed by atoms with Crippen LogP contribution in [0, 0.1) is 24.2 Å². The third-order valence-corrected chi connectivity index (χ3v) is 4.99. The summed E-state index contributed by atoms with van der Waals surface area (Å²) in [6, 6.07) is 10.9. The van der Waals surface area contributed by atoms with Gasteiger partial charge in [0.1, 0.15) is 6.17 Å². The molecule has 2 aromatic heterocycles. The summed E-state index contributed by atoms with van der Waals surface area (Å²) in [6.07, 6.45) is 12.3. The van der Waals surface area contributed by atoms with Gasteiger partial charge in [0.2, 0.25) is 0 Å². The van der Waals surface area contributed by atoms with Crippen LogP contribution in [-0.2, 0) is 0 Å². The van der Waals surface area contributed by atoms with Crippen molar-refractivity contribution in [1.29, 1.82) is 5.26 Å². The van der Waals surface area contributed by atoms with Crippen LogP contribution in [0.1, 0.15) is 49.0 Å². The molecular formula is C24H26FN5O. The number of aromatic nitrogens is 2. The third kappa shape index (κ3) is 5.02. The quantitative estimate of drug-likeness (QED) is 0.606. The van der Waals surface area contributed by atoms with E-state index in [0.29, 0.717) is 29.6 Å². The Kier molecular flexibility index (Phi) is 8.16. The van der Waals surface area contributed by atoms with Gasteiger partial charge in [-0.2, -0.15) is 10.4 Å². The normalized spacial score (nSPS) is 16.9. The van der Waals surface area contributed by atoms with Crippen molar-refractivity contribution in [2.24, 2.45) is 5.73 Å². The van der Waals surface area contributed by atoms with E-state index >= 15 is 0 Å². The summed E-state index contributed by atoms with van der Waals surface area (Å²) in [4.78, 5) is 11.9. The number of carbonyl (C=O) groups excluding carboxylic acids is 1. The molecule has 31 heavy (non-hydrogen) atoms. The predicted molar refractivity (Wildman–Crippen MR) is 121 cm³/mol. The Morgan fingerprint density at radius 1 is 1.29 bits per heavy atom. The second-order valence-corrected chi connectivity index (χ2v) is 6.75. The van der Waals surface area contributed by atoms with E-state index in [1.165, 1.54) is 6.20 Å². The van der Waals surface area contributed by atoms with Crippen LogP contribution in [0.15, 0.2) is 42.7 Å². The molecule has 7 heteroatoms. The fourth-order valence-electron chi connectivity index (χ4n) is 3.58. The Labute approximate surface area is 181 Å². The lowest BCUT2D eigenvalue weighted by Gasteiger charge is -2.19. The molecule has 160 valence electrons. The molecule has 0 radical (unpaired) electrons. The molecule has 0 aliphatic heterocycles. The molecule has 0 bridgehead atoms. The van der Waals surface area contributed by atoms with Gasteiger partial charge in [-0.1, -0.05) is 26.0 Å². The van der Waals surface area contributed by atoms with E-state index in [-0.39, 0.29) is 11.6 Å². The predicted octanol–water partition coefficient (Wildman–Crippen LogP) is 4.55. The monoisotopic (exact) mass is 419 g/mol. The lowest BCUT2D eigenvalue weighted by atomic mass is 10.1. The number of carbonyl (C=O) groups is 1. The Morgan fingerprint density at radius 3 is 2.65 bits per heavy atom. The molecule has 0 unspecified atom stereocenters. The van der Waals surface area contributed by atoms with Gasteiger partial charge in [0.05, 0.1) is 40.6 Å². The van der Waals surface area contributed by atoms with Crippen LogP contribution in [0.5, 0.6) is 0 Å². The summed E-state index contributed by atoms with van der Waals surface area (Å²) in [5, 5.41) is 16.6. The van der Waals surface area contributed by atoms with Crippen LogP contribution < -0.4 is 11.1 Å². The van der Waals surface area contributed by atoms with Crippen LogP contribution in [0.4, 0.5) is 10.1 Å². The maximum Gasteiger partial charge on any atom is 0.252 e. The van der Waals surface area contributed by atoms with Crippen molar-refractivity contribution in [3.8, 4) is 30.0 Å². The van der Waals surface area contributed by atoms with Crippen molar-refractivity contribution in [3.63, 3.8) is 0 Å². The molecule has 2 atom stereocenters. The van der Waals surface area contributed by atoms with E-state index in [2.05, 4.69) is 29.3 Å². The molecule has 2 heterocycles. The van der Waals surface area contributed by atoms with E-state index in [1.807, 2.05) is 38.2 Å². The molecule has 3 N–H and O–H groups in total. The van der Waals surface area contributed by atoms with Crippen molar-refractivity contribution in [2.75, 3.05) is 5.32 Å². The zero-order valence-electron chi connectivity index (χ0n) is 17.7. The molecule has 0 saturated heterocycles. The summed E-state index contributed by atoms with van der Waals surface area (Å²) in [7, 11) is 0. The Bertz CT molecular complexity index is 1110. The van der Waals surface area contributed by atoms with Gasteiger partial charge in [-0.3, -0.25) is 4.79 Å². The number of benzene rings is 1. The molecule has 1 aliphatic carbocycles. The number of fused-ring (bicyclic) bond motifs is 1. The molecule has 3 aromatic rings. The number of primary amides is 1. The lowest BCUT2D eigenvalue weighted by Crippen LogP contribution is -2.27. The minimum Gasteiger partial charge on any atom is -0.377 e. The highest BCUT2D eigenvalue weighted by atomic mass is 19.1. The molecule has 6 nitrogen and oxygen atoms in total. The van der Waals surface area contributed by atoms with Gasteiger partial charge < -0.3 is 11.1 Å². The molecule has 1 amide bonds. The maximum atomic E-state index is 14.1. The zero-order chi connectivity index (χ0) is 23.0. The summed E-state index contributed by atoms with van der Waals surface area (Å²) < 4.78 is 15.8. The minimum atomic E-state index is -0.958. The number of nitrogens with zero attached hydrogens (tertiary/aromatic N) is 3. The molecule has 0 spiro atoms. The smallest absolute Gasteiger partial charge is 0.252 e. The summed E-state index contributed by atoms with van der Waals surface area (Å²) >= 11 is 0. The standard InChI is InChI=1S/C20H18FN5O.C2H6.C2H2/c21-16-5-2-6-17(16)25-19-15(20(23)27)10-24-26-11-14(8-18(19)26)13-4-1-3-12(7-13)9-22;2*1-2/h1,3-4,7-8,10-11,16-17,25H,2,5-6H2,(H2,23,27);1-2H3;1-2H/t16-,17+;;/m0../s1. The number of amides is 1. The number of nitriles is 1. The first-order valence-electron chi connectivity index (χ1n) is 10.1. The van der Waals surface area contributed by atoms with E-state index < -0.39 is 12.1 Å². The Balaban J connectivity index is 0.000000807. The van der Waals surface area contributed by atoms with Gasteiger partial charge in [-0.25, -0.2) is 8.91 Å². The molecule has 1 saturated carbocycles. The summed E-state index contributed by atoms with van der Waals surface area (Å²) in [5.74, 6) is -0.616. The molecule has 1 fully saturated rings. The highest BCUT2D eigenvalue weighted by molar-refractivity contribution is 6.02. The minimum absolute atomic E-state index is 0.233. The average Bonchev–Trinajstić information content (AvgIpc) is 3.43. The van der Waals surface area contributed by atoms with Crippen molar-refractivity contribution >= 4 is 17.1 Å². The molecule has 1 aliphatic rings. The topological polar surface area (TPSA) is 96.2 Å². The maximum absolute atomic E-state index is 14.1. The first-order valence-corrected chi connectivity index (χ1v) is 10.1. The van der Waals surface area contributed by atoms with Crippen LogP contribution in [0.3, 0.4) is 0 Å². The number of rotatable bonds is 4. The van der Waals surface area contributed by atoms with Crippen molar-refractivity contribution in [1.82, 2.24) is 9.61 Å². The fourth-order valence-corrected chi connectivity index (χ4v) is 3.58. The summed E-state index contributed by atoms with van der Waals surface area (Å²) in [5.41, 5.74) is 9.13. The van der Waals surface area contributed by atoms with E-state index in [9.17, 15) is 9.18 Å².